The molecule has 9 heteroatoms. The van der Waals surface area contributed by atoms with Gasteiger partial charge in [-0.05, 0) is 50.0 Å². The Balaban J connectivity index is 1.80. The highest BCUT2D eigenvalue weighted by molar-refractivity contribution is 6.31. The zero-order valence-corrected chi connectivity index (χ0v) is 18.7. The minimum absolute atomic E-state index is 0.0217. The maximum Gasteiger partial charge on any atom is 0.251 e. The molecule has 0 aliphatic carbocycles. The van der Waals surface area contributed by atoms with Gasteiger partial charge >= 0.3 is 0 Å². The second kappa shape index (κ2) is 10.7. The van der Waals surface area contributed by atoms with Crippen LogP contribution in [-0.4, -0.2) is 48.5 Å². The second-order valence-electron chi connectivity index (χ2n) is 7.21. The van der Waals surface area contributed by atoms with E-state index in [2.05, 4.69) is 25.9 Å². The number of nitrogens with zero attached hydrogens (tertiary/aromatic N) is 3. The van der Waals surface area contributed by atoms with Gasteiger partial charge in [-0.2, -0.15) is 0 Å². The van der Waals surface area contributed by atoms with Gasteiger partial charge in [0.25, 0.3) is 5.91 Å². The Kier molecular flexibility index (Phi) is 7.75. The molecule has 0 spiro atoms. The second-order valence-corrected chi connectivity index (χ2v) is 7.61. The summed E-state index contributed by atoms with van der Waals surface area (Å²) in [6, 6.07) is 13.6. The van der Waals surface area contributed by atoms with Crippen LogP contribution in [0.25, 0.3) is 5.57 Å². The van der Waals surface area contributed by atoms with Crippen molar-refractivity contribution in [3.8, 4) is 0 Å². The molecular formula is C23H24ClFN6O. The molecule has 0 aliphatic rings. The molecule has 0 radical (unpaired) electrons. The van der Waals surface area contributed by atoms with Crippen LogP contribution >= 0.6 is 11.6 Å². The lowest BCUT2D eigenvalue weighted by atomic mass is 10.0. The van der Waals surface area contributed by atoms with E-state index in [1.807, 2.05) is 49.3 Å². The highest BCUT2D eigenvalue weighted by Crippen LogP contribution is 2.25. The molecule has 32 heavy (non-hydrogen) atoms. The fraction of sp³-hybridized carbons (Fsp3) is 0.174. The smallest absolute Gasteiger partial charge is 0.251 e. The van der Waals surface area contributed by atoms with Gasteiger partial charge in [0.1, 0.15) is 23.8 Å². The molecular weight excluding hydrogens is 431 g/mol. The van der Waals surface area contributed by atoms with E-state index in [1.54, 1.807) is 19.2 Å². The first-order chi connectivity index (χ1) is 15.4. The van der Waals surface area contributed by atoms with E-state index < -0.39 is 5.82 Å². The van der Waals surface area contributed by atoms with Crippen molar-refractivity contribution in [2.75, 3.05) is 38.3 Å². The molecule has 0 aliphatic heterocycles. The van der Waals surface area contributed by atoms with Gasteiger partial charge in [-0.1, -0.05) is 29.8 Å². The average molecular weight is 455 g/mol. The first-order valence-corrected chi connectivity index (χ1v) is 10.2. The Morgan fingerprint density at radius 1 is 1.06 bits per heavy atom. The Bertz CT molecular complexity index is 1130. The number of benzene rings is 2. The van der Waals surface area contributed by atoms with Crippen LogP contribution in [0.4, 0.5) is 27.4 Å². The summed E-state index contributed by atoms with van der Waals surface area (Å²) >= 11 is 5.84. The largest absolute Gasteiger partial charge is 0.355 e. The van der Waals surface area contributed by atoms with Crippen molar-refractivity contribution in [1.82, 2.24) is 20.2 Å². The van der Waals surface area contributed by atoms with Crippen LogP contribution in [-0.2, 0) is 4.79 Å². The summed E-state index contributed by atoms with van der Waals surface area (Å²) in [5, 5.41) is 9.00. The van der Waals surface area contributed by atoms with Crippen LogP contribution in [0.1, 0.15) is 5.56 Å². The number of likely N-dealkylation sites (N-methyl/N-ethyl adjacent to an activating group) is 2. The zero-order chi connectivity index (χ0) is 23.1. The van der Waals surface area contributed by atoms with Crippen LogP contribution < -0.4 is 16.0 Å². The number of nitrogens with one attached hydrogen (secondary N) is 3. The minimum atomic E-state index is -0.488. The van der Waals surface area contributed by atoms with Crippen LogP contribution in [0.5, 0.6) is 0 Å². The molecule has 7 nitrogen and oxygen atoms in total. The molecule has 1 heterocycles. The normalized spacial score (nSPS) is 11.4. The number of hydrogen-bond acceptors (Lipinski definition) is 6. The van der Waals surface area contributed by atoms with E-state index in [9.17, 15) is 9.18 Å². The van der Waals surface area contributed by atoms with Crippen LogP contribution in [0.2, 0.25) is 5.02 Å². The number of hydrogen-bond donors (Lipinski definition) is 3. The third kappa shape index (κ3) is 6.26. The number of amides is 1. The summed E-state index contributed by atoms with van der Waals surface area (Å²) in [5.41, 5.74) is 2.73. The molecule has 0 saturated carbocycles. The Morgan fingerprint density at radius 2 is 1.75 bits per heavy atom. The number of rotatable bonds is 8. The molecule has 0 fully saturated rings. The number of aromatic nitrogens is 2. The van der Waals surface area contributed by atoms with Gasteiger partial charge in [-0.3, -0.25) is 4.79 Å². The third-order valence-corrected chi connectivity index (χ3v) is 4.73. The maximum absolute atomic E-state index is 13.4. The molecule has 0 bridgehead atoms. The number of carbonyl (C=O) groups is 1. The SMILES string of the molecule is CNC(=O)C(=CCN(C)C)c1cccc(Nc2cc(Nc3ccc(F)c(Cl)c3)ncn2)c1. The summed E-state index contributed by atoms with van der Waals surface area (Å²) in [5.74, 6) is 0.415. The van der Waals surface area contributed by atoms with E-state index in [0.29, 0.717) is 29.4 Å². The number of anilines is 4. The van der Waals surface area contributed by atoms with Gasteiger partial charge in [-0.25, -0.2) is 14.4 Å². The predicted octanol–water partition coefficient (Wildman–Crippen LogP) is 4.45. The summed E-state index contributed by atoms with van der Waals surface area (Å²) < 4.78 is 13.4. The van der Waals surface area contributed by atoms with Crippen LogP contribution in [0, 0.1) is 5.82 Å². The lowest BCUT2D eigenvalue weighted by Gasteiger charge is -2.12. The van der Waals surface area contributed by atoms with Crippen molar-refractivity contribution in [1.29, 1.82) is 0 Å². The molecule has 3 aromatic rings. The van der Waals surface area contributed by atoms with Crippen molar-refractivity contribution in [2.45, 2.75) is 0 Å². The molecule has 3 rings (SSSR count). The van der Waals surface area contributed by atoms with E-state index >= 15 is 0 Å². The number of carbonyl (C=O) groups excluding carboxylic acids is 1. The van der Waals surface area contributed by atoms with Gasteiger partial charge < -0.3 is 20.9 Å². The van der Waals surface area contributed by atoms with Gasteiger partial charge in [0, 0.05) is 36.6 Å². The van der Waals surface area contributed by atoms with Gasteiger partial charge in [0.15, 0.2) is 0 Å². The monoisotopic (exact) mass is 454 g/mol. The van der Waals surface area contributed by atoms with Gasteiger partial charge in [0.2, 0.25) is 0 Å². The predicted molar refractivity (Wildman–Crippen MR) is 127 cm³/mol. The van der Waals surface area contributed by atoms with E-state index in [1.165, 1.54) is 18.5 Å². The Morgan fingerprint density at radius 3 is 2.38 bits per heavy atom. The molecule has 1 amide bonds. The standard InChI is InChI=1S/C23H24ClFN6O/c1-26-23(32)18(9-10-31(2)3)15-5-4-6-16(11-15)29-21-13-22(28-14-27-21)30-17-7-8-20(25)19(24)12-17/h4-9,11-14H,10H2,1-3H3,(H,26,32)(H2,27,28,29,30). The lowest BCUT2D eigenvalue weighted by molar-refractivity contribution is -0.115. The molecule has 0 unspecified atom stereocenters. The highest BCUT2D eigenvalue weighted by Gasteiger charge is 2.11. The Hall–Kier alpha value is -3.49. The van der Waals surface area contributed by atoms with Crippen molar-refractivity contribution < 1.29 is 9.18 Å². The summed E-state index contributed by atoms with van der Waals surface area (Å²) in [7, 11) is 5.49. The Labute approximate surface area is 191 Å². The van der Waals surface area contributed by atoms with Crippen molar-refractivity contribution in [3.63, 3.8) is 0 Å². The lowest BCUT2D eigenvalue weighted by Crippen LogP contribution is -2.21. The van der Waals surface area contributed by atoms with E-state index in [-0.39, 0.29) is 10.9 Å². The van der Waals surface area contributed by atoms with Crippen molar-refractivity contribution in [3.05, 3.63) is 77.3 Å². The van der Waals surface area contributed by atoms with E-state index in [4.69, 9.17) is 11.6 Å². The summed E-state index contributed by atoms with van der Waals surface area (Å²) in [4.78, 5) is 22.8. The zero-order valence-electron chi connectivity index (χ0n) is 18.0. The topological polar surface area (TPSA) is 82.2 Å². The van der Waals surface area contributed by atoms with Crippen molar-refractivity contribution >= 4 is 46.1 Å². The number of halogens is 2. The molecule has 3 N–H and O–H groups in total. The molecule has 166 valence electrons. The minimum Gasteiger partial charge on any atom is -0.355 e. The molecule has 0 saturated heterocycles. The first-order valence-electron chi connectivity index (χ1n) is 9.84. The van der Waals surface area contributed by atoms with E-state index in [0.717, 1.165) is 11.3 Å². The molecule has 2 aromatic carbocycles. The highest BCUT2D eigenvalue weighted by atomic mass is 35.5. The van der Waals surface area contributed by atoms with Gasteiger partial charge in [0.05, 0.1) is 5.02 Å². The average Bonchev–Trinajstić information content (AvgIpc) is 2.76. The first kappa shape index (κ1) is 23.2. The summed E-state index contributed by atoms with van der Waals surface area (Å²) in [6.45, 7) is 0.634. The fourth-order valence-corrected chi connectivity index (χ4v) is 3.06. The van der Waals surface area contributed by atoms with Crippen LogP contribution in [0.15, 0.2) is 60.9 Å². The quantitative estimate of drug-likeness (QED) is 0.436. The summed E-state index contributed by atoms with van der Waals surface area (Å²) in [6.07, 6.45) is 3.30. The fourth-order valence-electron chi connectivity index (χ4n) is 2.88. The maximum atomic E-state index is 13.4. The van der Waals surface area contributed by atoms with Crippen LogP contribution in [0.3, 0.4) is 0 Å². The molecule has 1 aromatic heterocycles. The van der Waals surface area contributed by atoms with Gasteiger partial charge in [-0.15, -0.1) is 0 Å². The van der Waals surface area contributed by atoms with Crippen molar-refractivity contribution in [2.24, 2.45) is 0 Å². The third-order valence-electron chi connectivity index (χ3n) is 4.44. The molecule has 0 atom stereocenters.